The van der Waals surface area contributed by atoms with Crippen molar-refractivity contribution in [3.05, 3.63) is 53.1 Å². The van der Waals surface area contributed by atoms with E-state index in [2.05, 4.69) is 10.3 Å². The normalized spacial score (nSPS) is 10.3. The maximum atomic E-state index is 13.3. The van der Waals surface area contributed by atoms with Gasteiger partial charge in [-0.3, -0.25) is 9.78 Å². The van der Waals surface area contributed by atoms with E-state index in [1.807, 2.05) is 6.92 Å². The summed E-state index contributed by atoms with van der Waals surface area (Å²) in [4.78, 5) is 15.2. The van der Waals surface area contributed by atoms with E-state index in [0.29, 0.717) is 11.4 Å². The summed E-state index contributed by atoms with van der Waals surface area (Å²) in [5.41, 5.74) is 6.65. The second-order valence-electron chi connectivity index (χ2n) is 4.33. The van der Waals surface area contributed by atoms with Crippen molar-refractivity contribution in [2.75, 3.05) is 5.32 Å². The first-order chi connectivity index (χ1) is 9.47. The second-order valence-corrected chi connectivity index (χ2v) is 4.33. The standard InChI is InChI=1S/C14H14FN3O2/c1-8-2-5-13(19)12(18-8)7-17-9-3-4-11(15)10(6-9)14(16)20/h2-6,17,19H,7H2,1H3,(H2,16,20). The number of halogens is 1. The van der Waals surface area contributed by atoms with Crippen LogP contribution in [-0.4, -0.2) is 16.0 Å². The number of primary amides is 1. The highest BCUT2D eigenvalue weighted by Gasteiger charge is 2.09. The molecular weight excluding hydrogens is 261 g/mol. The topological polar surface area (TPSA) is 88.2 Å². The van der Waals surface area contributed by atoms with Gasteiger partial charge in [0.25, 0.3) is 5.91 Å². The van der Waals surface area contributed by atoms with Gasteiger partial charge in [0.05, 0.1) is 12.1 Å². The van der Waals surface area contributed by atoms with E-state index in [1.165, 1.54) is 12.1 Å². The zero-order valence-electron chi connectivity index (χ0n) is 10.9. The van der Waals surface area contributed by atoms with Gasteiger partial charge in [-0.25, -0.2) is 4.39 Å². The number of hydrogen-bond acceptors (Lipinski definition) is 4. The molecule has 4 N–H and O–H groups in total. The summed E-state index contributed by atoms with van der Waals surface area (Å²) in [6.07, 6.45) is 0. The lowest BCUT2D eigenvalue weighted by Gasteiger charge is -2.09. The molecule has 20 heavy (non-hydrogen) atoms. The van der Waals surface area contributed by atoms with Crippen molar-refractivity contribution in [3.63, 3.8) is 0 Å². The number of amides is 1. The van der Waals surface area contributed by atoms with E-state index in [9.17, 15) is 14.3 Å². The molecule has 0 unspecified atom stereocenters. The smallest absolute Gasteiger partial charge is 0.251 e. The molecule has 2 rings (SSSR count). The minimum Gasteiger partial charge on any atom is -0.506 e. The zero-order valence-corrected chi connectivity index (χ0v) is 10.9. The number of aryl methyl sites for hydroxylation is 1. The fourth-order valence-electron chi connectivity index (χ4n) is 1.74. The second kappa shape index (κ2) is 5.56. The molecule has 104 valence electrons. The zero-order chi connectivity index (χ0) is 14.7. The highest BCUT2D eigenvalue weighted by Crippen LogP contribution is 2.18. The molecule has 1 amide bonds. The van der Waals surface area contributed by atoms with Gasteiger partial charge in [-0.2, -0.15) is 0 Å². The Morgan fingerprint density at radius 1 is 1.40 bits per heavy atom. The molecule has 1 heterocycles. The van der Waals surface area contributed by atoms with Gasteiger partial charge in [-0.05, 0) is 37.3 Å². The van der Waals surface area contributed by atoms with Crippen LogP contribution in [0, 0.1) is 12.7 Å². The Bertz CT molecular complexity index is 659. The third-order valence-electron chi connectivity index (χ3n) is 2.78. The monoisotopic (exact) mass is 275 g/mol. The van der Waals surface area contributed by atoms with Crippen molar-refractivity contribution in [2.24, 2.45) is 5.73 Å². The van der Waals surface area contributed by atoms with Crippen LogP contribution < -0.4 is 11.1 Å². The molecule has 0 saturated carbocycles. The number of carbonyl (C=O) groups is 1. The summed E-state index contributed by atoms with van der Waals surface area (Å²) in [6, 6.07) is 7.21. The van der Waals surface area contributed by atoms with Crippen molar-refractivity contribution in [3.8, 4) is 5.75 Å². The number of rotatable bonds is 4. The van der Waals surface area contributed by atoms with Crippen LogP contribution in [0.2, 0.25) is 0 Å². The number of nitrogens with zero attached hydrogens (tertiary/aromatic N) is 1. The highest BCUT2D eigenvalue weighted by molar-refractivity contribution is 5.94. The molecule has 0 atom stereocenters. The van der Waals surface area contributed by atoms with E-state index in [1.54, 1.807) is 12.1 Å². The molecule has 0 saturated heterocycles. The van der Waals surface area contributed by atoms with Gasteiger partial charge in [0.2, 0.25) is 0 Å². The molecule has 2 aromatic rings. The number of aromatic nitrogens is 1. The Kier molecular flexibility index (Phi) is 3.84. The van der Waals surface area contributed by atoms with Gasteiger partial charge in [-0.15, -0.1) is 0 Å². The Morgan fingerprint density at radius 3 is 2.85 bits per heavy atom. The van der Waals surface area contributed by atoms with E-state index in [4.69, 9.17) is 5.73 Å². The number of nitrogens with two attached hydrogens (primary N) is 1. The Hall–Kier alpha value is -2.63. The minimum atomic E-state index is -0.831. The van der Waals surface area contributed by atoms with Gasteiger partial charge >= 0.3 is 0 Å². The molecule has 0 bridgehead atoms. The average Bonchev–Trinajstić information content (AvgIpc) is 2.41. The van der Waals surface area contributed by atoms with Crippen LogP contribution in [0.5, 0.6) is 5.75 Å². The minimum absolute atomic E-state index is 0.0698. The van der Waals surface area contributed by atoms with Crippen LogP contribution in [-0.2, 0) is 6.54 Å². The molecule has 1 aromatic carbocycles. The fourth-order valence-corrected chi connectivity index (χ4v) is 1.74. The average molecular weight is 275 g/mol. The third-order valence-corrected chi connectivity index (χ3v) is 2.78. The Morgan fingerprint density at radius 2 is 2.15 bits per heavy atom. The quantitative estimate of drug-likeness (QED) is 0.795. The largest absolute Gasteiger partial charge is 0.506 e. The summed E-state index contributed by atoms with van der Waals surface area (Å²) in [7, 11) is 0. The first kappa shape index (κ1) is 13.8. The van der Waals surface area contributed by atoms with Crippen molar-refractivity contribution < 1.29 is 14.3 Å². The molecule has 5 nitrogen and oxygen atoms in total. The number of benzene rings is 1. The van der Waals surface area contributed by atoms with Crippen LogP contribution in [0.25, 0.3) is 0 Å². The fraction of sp³-hybridized carbons (Fsp3) is 0.143. The number of hydrogen-bond donors (Lipinski definition) is 3. The molecule has 0 fully saturated rings. The lowest BCUT2D eigenvalue weighted by molar-refractivity contribution is 0.0996. The van der Waals surface area contributed by atoms with Gasteiger partial charge in [0.1, 0.15) is 17.3 Å². The molecule has 1 aromatic heterocycles. The van der Waals surface area contributed by atoms with Crippen molar-refractivity contribution in [2.45, 2.75) is 13.5 Å². The lowest BCUT2D eigenvalue weighted by atomic mass is 10.1. The molecule has 0 radical (unpaired) electrons. The predicted molar refractivity (Wildman–Crippen MR) is 72.9 cm³/mol. The molecule has 0 spiro atoms. The van der Waals surface area contributed by atoms with Crippen molar-refractivity contribution in [1.82, 2.24) is 4.98 Å². The SMILES string of the molecule is Cc1ccc(O)c(CNc2ccc(F)c(C(N)=O)c2)n1. The van der Waals surface area contributed by atoms with Crippen molar-refractivity contribution in [1.29, 1.82) is 0 Å². The van der Waals surface area contributed by atoms with Gasteiger partial charge in [-0.1, -0.05) is 0 Å². The van der Waals surface area contributed by atoms with Crippen LogP contribution in [0.3, 0.4) is 0 Å². The Labute approximate surface area is 115 Å². The number of carbonyl (C=O) groups excluding carboxylic acids is 1. The summed E-state index contributed by atoms with van der Waals surface area (Å²) in [5, 5.41) is 12.6. The summed E-state index contributed by atoms with van der Waals surface area (Å²) in [6.45, 7) is 2.06. The van der Waals surface area contributed by atoms with Gasteiger partial charge < -0.3 is 16.2 Å². The third kappa shape index (κ3) is 3.03. The molecular formula is C14H14FN3O2. The van der Waals surface area contributed by atoms with Crippen LogP contribution in [0.15, 0.2) is 30.3 Å². The van der Waals surface area contributed by atoms with Crippen LogP contribution >= 0.6 is 0 Å². The highest BCUT2D eigenvalue weighted by atomic mass is 19.1. The van der Waals surface area contributed by atoms with Gasteiger partial charge in [0, 0.05) is 11.4 Å². The van der Waals surface area contributed by atoms with E-state index in [0.717, 1.165) is 11.8 Å². The van der Waals surface area contributed by atoms with Crippen molar-refractivity contribution >= 4 is 11.6 Å². The maximum absolute atomic E-state index is 13.3. The summed E-state index contributed by atoms with van der Waals surface area (Å²) < 4.78 is 13.3. The molecule has 0 aliphatic carbocycles. The first-order valence-corrected chi connectivity index (χ1v) is 5.96. The summed E-state index contributed by atoms with van der Waals surface area (Å²) in [5.74, 6) is -1.43. The maximum Gasteiger partial charge on any atom is 0.251 e. The first-order valence-electron chi connectivity index (χ1n) is 5.96. The lowest BCUT2D eigenvalue weighted by Crippen LogP contribution is -2.13. The predicted octanol–water partition coefficient (Wildman–Crippen LogP) is 1.95. The molecule has 0 aliphatic rings. The number of aromatic hydroxyl groups is 1. The summed E-state index contributed by atoms with van der Waals surface area (Å²) >= 11 is 0. The molecule has 0 aliphatic heterocycles. The van der Waals surface area contributed by atoms with Crippen LogP contribution in [0.4, 0.5) is 10.1 Å². The van der Waals surface area contributed by atoms with E-state index in [-0.39, 0.29) is 17.9 Å². The van der Waals surface area contributed by atoms with E-state index >= 15 is 0 Å². The van der Waals surface area contributed by atoms with Crippen LogP contribution in [0.1, 0.15) is 21.7 Å². The number of anilines is 1. The Balaban J connectivity index is 2.17. The van der Waals surface area contributed by atoms with Gasteiger partial charge in [0.15, 0.2) is 0 Å². The van der Waals surface area contributed by atoms with E-state index < -0.39 is 11.7 Å². The number of nitrogens with one attached hydrogen (secondary N) is 1. The molecule has 6 heteroatoms. The number of pyridine rings is 1.